The van der Waals surface area contributed by atoms with E-state index in [0.29, 0.717) is 12.2 Å². The predicted molar refractivity (Wildman–Crippen MR) is 46.8 cm³/mol. The summed E-state index contributed by atoms with van der Waals surface area (Å²) in [6.07, 6.45) is 0.518. The molecule has 0 bridgehead atoms. The molecule has 6 heteroatoms. The van der Waals surface area contributed by atoms with Crippen LogP contribution >= 0.6 is 11.3 Å². The molecule has 0 amide bonds. The average Bonchev–Trinajstić information content (AvgIpc) is 2.62. The van der Waals surface area contributed by atoms with Crippen LogP contribution in [0.3, 0.4) is 0 Å². The number of rotatable bonds is 2. The van der Waals surface area contributed by atoms with Crippen LogP contribution in [0.5, 0.6) is 0 Å². The van der Waals surface area contributed by atoms with E-state index in [1.807, 2.05) is 12.3 Å². The summed E-state index contributed by atoms with van der Waals surface area (Å²) in [5.41, 5.74) is 0.978. The van der Waals surface area contributed by atoms with E-state index in [1.54, 1.807) is 0 Å². The molecule has 0 radical (unpaired) electrons. The third-order valence-corrected chi connectivity index (χ3v) is 2.44. The minimum atomic E-state index is -0.525. The molecular formula is C7H7N3O2S. The van der Waals surface area contributed by atoms with Gasteiger partial charge in [-0.1, -0.05) is 5.16 Å². The van der Waals surface area contributed by atoms with Crippen LogP contribution in [0, 0.1) is 6.92 Å². The Morgan fingerprint density at radius 2 is 2.54 bits per heavy atom. The second-order valence-corrected chi connectivity index (χ2v) is 3.54. The summed E-state index contributed by atoms with van der Waals surface area (Å²) < 4.78 is 4.36. The fraction of sp³-hybridized carbons (Fsp3) is 0.286. The van der Waals surface area contributed by atoms with Crippen molar-refractivity contribution in [2.45, 2.75) is 13.3 Å². The van der Waals surface area contributed by atoms with Crippen LogP contribution in [0.2, 0.25) is 0 Å². The molecule has 0 atom stereocenters. The second-order valence-electron chi connectivity index (χ2n) is 2.60. The van der Waals surface area contributed by atoms with Crippen LogP contribution < -0.4 is 5.76 Å². The monoisotopic (exact) mass is 197 g/mol. The maximum absolute atomic E-state index is 10.6. The van der Waals surface area contributed by atoms with E-state index >= 15 is 0 Å². The molecule has 0 aliphatic carbocycles. The van der Waals surface area contributed by atoms with E-state index in [0.717, 1.165) is 10.7 Å². The highest BCUT2D eigenvalue weighted by Crippen LogP contribution is 2.10. The van der Waals surface area contributed by atoms with Gasteiger partial charge < -0.3 is 0 Å². The molecule has 1 N–H and O–H groups in total. The molecule has 2 aromatic rings. The lowest BCUT2D eigenvalue weighted by molar-refractivity contribution is 0.382. The first kappa shape index (κ1) is 8.18. The zero-order valence-corrected chi connectivity index (χ0v) is 7.72. The first-order valence-corrected chi connectivity index (χ1v) is 4.58. The van der Waals surface area contributed by atoms with Crippen molar-refractivity contribution < 1.29 is 4.52 Å². The van der Waals surface area contributed by atoms with E-state index < -0.39 is 5.76 Å². The standard InChI is InChI=1S/C7H7N3O2S/c1-4-3-13-6(8-4)2-5-9-7(11)12-10-5/h3H,2H2,1H3,(H,9,10,11). The van der Waals surface area contributed by atoms with Crippen molar-refractivity contribution in [3.63, 3.8) is 0 Å². The number of hydrogen-bond donors (Lipinski definition) is 1. The summed E-state index contributed by atoms with van der Waals surface area (Å²) in [5, 5.41) is 6.41. The summed E-state index contributed by atoms with van der Waals surface area (Å²) in [7, 11) is 0. The lowest BCUT2D eigenvalue weighted by Crippen LogP contribution is -1.97. The molecule has 0 saturated carbocycles. The largest absolute Gasteiger partial charge is 0.438 e. The fourth-order valence-electron chi connectivity index (χ4n) is 0.964. The van der Waals surface area contributed by atoms with Crippen LogP contribution in [0.15, 0.2) is 14.7 Å². The van der Waals surface area contributed by atoms with Gasteiger partial charge in [-0.05, 0) is 6.92 Å². The minimum Gasteiger partial charge on any atom is -0.296 e. The highest BCUT2D eigenvalue weighted by Gasteiger charge is 2.04. The molecule has 0 saturated heterocycles. The number of hydrogen-bond acceptors (Lipinski definition) is 5. The van der Waals surface area contributed by atoms with Gasteiger partial charge in [0.25, 0.3) is 0 Å². The third kappa shape index (κ3) is 1.83. The Morgan fingerprint density at radius 1 is 1.69 bits per heavy atom. The predicted octanol–water partition coefficient (Wildman–Crippen LogP) is 0.719. The SMILES string of the molecule is Cc1csc(Cc2noc(=O)[nH]2)n1. The molecule has 0 aliphatic heterocycles. The number of nitrogens with one attached hydrogen (secondary N) is 1. The van der Waals surface area contributed by atoms with Crippen LogP contribution in [0.25, 0.3) is 0 Å². The molecule has 0 unspecified atom stereocenters. The number of nitrogens with zero attached hydrogens (tertiary/aromatic N) is 2. The fourth-order valence-corrected chi connectivity index (χ4v) is 1.74. The summed E-state index contributed by atoms with van der Waals surface area (Å²) in [4.78, 5) is 17.3. The van der Waals surface area contributed by atoms with Gasteiger partial charge in [0.2, 0.25) is 0 Å². The number of H-pyrrole nitrogens is 1. The molecule has 0 aromatic carbocycles. The quantitative estimate of drug-likeness (QED) is 0.769. The van der Waals surface area contributed by atoms with Crippen LogP contribution in [0.4, 0.5) is 0 Å². The van der Waals surface area contributed by atoms with Crippen molar-refractivity contribution in [2.75, 3.05) is 0 Å². The van der Waals surface area contributed by atoms with Gasteiger partial charge in [-0.2, -0.15) is 0 Å². The zero-order valence-electron chi connectivity index (χ0n) is 6.90. The van der Waals surface area contributed by atoms with Crippen molar-refractivity contribution in [1.29, 1.82) is 0 Å². The van der Waals surface area contributed by atoms with Gasteiger partial charge in [-0.25, -0.2) is 9.78 Å². The van der Waals surface area contributed by atoms with Gasteiger partial charge in [0.05, 0.1) is 6.42 Å². The average molecular weight is 197 g/mol. The molecule has 0 fully saturated rings. The van der Waals surface area contributed by atoms with Crippen LogP contribution in [0.1, 0.15) is 16.5 Å². The summed E-state index contributed by atoms with van der Waals surface area (Å²) in [6.45, 7) is 1.92. The highest BCUT2D eigenvalue weighted by molar-refractivity contribution is 7.09. The lowest BCUT2D eigenvalue weighted by Gasteiger charge is -1.86. The molecule has 0 aliphatic rings. The molecule has 2 aromatic heterocycles. The van der Waals surface area contributed by atoms with Gasteiger partial charge in [-0.15, -0.1) is 11.3 Å². The molecule has 2 heterocycles. The van der Waals surface area contributed by atoms with E-state index in [2.05, 4.69) is 19.6 Å². The number of aromatic amines is 1. The van der Waals surface area contributed by atoms with Crippen molar-refractivity contribution in [2.24, 2.45) is 0 Å². The van der Waals surface area contributed by atoms with Gasteiger partial charge in [0, 0.05) is 11.1 Å². The van der Waals surface area contributed by atoms with Gasteiger partial charge in [0.1, 0.15) is 5.01 Å². The molecule has 5 nitrogen and oxygen atoms in total. The van der Waals surface area contributed by atoms with Crippen molar-refractivity contribution in [1.82, 2.24) is 15.1 Å². The zero-order chi connectivity index (χ0) is 9.26. The molecule has 0 spiro atoms. The highest BCUT2D eigenvalue weighted by atomic mass is 32.1. The number of aromatic nitrogens is 3. The van der Waals surface area contributed by atoms with Gasteiger partial charge >= 0.3 is 5.76 Å². The molecule has 68 valence electrons. The first-order valence-electron chi connectivity index (χ1n) is 3.70. The minimum absolute atomic E-state index is 0.513. The van der Waals surface area contributed by atoms with Crippen LogP contribution in [-0.2, 0) is 6.42 Å². The first-order chi connectivity index (χ1) is 6.24. The van der Waals surface area contributed by atoms with Crippen molar-refractivity contribution in [3.05, 3.63) is 32.5 Å². The third-order valence-electron chi connectivity index (χ3n) is 1.47. The van der Waals surface area contributed by atoms with Crippen molar-refractivity contribution in [3.8, 4) is 0 Å². The maximum Gasteiger partial charge on any atom is 0.438 e. The normalized spacial score (nSPS) is 10.5. The molecular weight excluding hydrogens is 190 g/mol. The Bertz CT molecular complexity index is 456. The van der Waals surface area contributed by atoms with E-state index in [-0.39, 0.29) is 0 Å². The maximum atomic E-state index is 10.6. The summed E-state index contributed by atoms with van der Waals surface area (Å²) in [6, 6.07) is 0. The second kappa shape index (κ2) is 3.14. The number of aryl methyl sites for hydroxylation is 1. The Balaban J connectivity index is 2.19. The lowest BCUT2D eigenvalue weighted by atomic mass is 10.4. The smallest absolute Gasteiger partial charge is 0.296 e. The Kier molecular flexibility index (Phi) is 1.97. The Labute approximate surface area is 77.4 Å². The molecule has 2 rings (SSSR count). The van der Waals surface area contributed by atoms with Gasteiger partial charge in [-0.3, -0.25) is 9.51 Å². The van der Waals surface area contributed by atoms with E-state index in [1.165, 1.54) is 11.3 Å². The summed E-state index contributed by atoms with van der Waals surface area (Å²) in [5.74, 6) is -0.0115. The van der Waals surface area contributed by atoms with Gasteiger partial charge in [0.15, 0.2) is 5.82 Å². The topological polar surface area (TPSA) is 71.8 Å². The van der Waals surface area contributed by atoms with Crippen molar-refractivity contribution >= 4 is 11.3 Å². The van der Waals surface area contributed by atoms with E-state index in [9.17, 15) is 4.79 Å². The number of thiazole rings is 1. The Hall–Kier alpha value is -1.43. The van der Waals surface area contributed by atoms with E-state index in [4.69, 9.17) is 0 Å². The Morgan fingerprint density at radius 3 is 3.08 bits per heavy atom. The van der Waals surface area contributed by atoms with Crippen LogP contribution in [-0.4, -0.2) is 15.1 Å². The summed E-state index contributed by atoms with van der Waals surface area (Å²) >= 11 is 1.54. The molecule has 13 heavy (non-hydrogen) atoms.